The van der Waals surface area contributed by atoms with Crippen molar-refractivity contribution in [2.75, 3.05) is 0 Å². The van der Waals surface area contributed by atoms with Crippen molar-refractivity contribution < 1.29 is 13.6 Å². The van der Waals surface area contributed by atoms with Gasteiger partial charge in [0.15, 0.2) is 0 Å². The SMILES string of the molecule is CCCCCc1cc(-c2ccccc2)cc(-c2ccccc2)[o+]1.[Cl][Fe-]([Cl])([Cl])[Cl]. The molecule has 0 fully saturated rings. The maximum atomic E-state index is 6.17. The van der Waals surface area contributed by atoms with Gasteiger partial charge in [0.1, 0.15) is 0 Å². The summed E-state index contributed by atoms with van der Waals surface area (Å²) in [6.45, 7) is 2.23. The van der Waals surface area contributed by atoms with Gasteiger partial charge >= 0.3 is 61.1 Å². The normalized spacial score (nSPS) is 11.5. The fourth-order valence-corrected chi connectivity index (χ4v) is 2.77. The molecular formula is C22H23Cl4FeO. The predicted molar refractivity (Wildman–Crippen MR) is 121 cm³/mol. The zero-order chi connectivity index (χ0) is 20.4. The van der Waals surface area contributed by atoms with Crippen molar-refractivity contribution in [3.05, 3.63) is 78.6 Å². The second-order valence-corrected chi connectivity index (χ2v) is 17.1. The first-order valence-electron chi connectivity index (χ1n) is 8.98. The van der Waals surface area contributed by atoms with E-state index in [9.17, 15) is 0 Å². The van der Waals surface area contributed by atoms with Crippen LogP contribution in [0.2, 0.25) is 0 Å². The minimum absolute atomic E-state index is 0.943. The van der Waals surface area contributed by atoms with Gasteiger partial charge in [0.05, 0.1) is 18.1 Å². The summed E-state index contributed by atoms with van der Waals surface area (Å²) in [6.07, 6.45) is 4.64. The van der Waals surface area contributed by atoms with E-state index in [4.69, 9.17) is 44.8 Å². The van der Waals surface area contributed by atoms with Gasteiger partial charge in [0.2, 0.25) is 0 Å². The molecule has 0 spiro atoms. The molecule has 0 aliphatic rings. The summed E-state index contributed by atoms with van der Waals surface area (Å²) in [5, 5.41) is 0. The Labute approximate surface area is 186 Å². The van der Waals surface area contributed by atoms with E-state index in [1.165, 1.54) is 30.4 Å². The molecule has 0 N–H and O–H groups in total. The first-order chi connectivity index (χ1) is 13.4. The van der Waals surface area contributed by atoms with Crippen LogP contribution in [-0.4, -0.2) is 0 Å². The van der Waals surface area contributed by atoms with Gasteiger partial charge in [-0.05, 0) is 24.1 Å². The molecule has 3 aromatic rings. The van der Waals surface area contributed by atoms with E-state index in [1.54, 1.807) is 0 Å². The van der Waals surface area contributed by atoms with Crippen molar-refractivity contribution in [1.29, 1.82) is 0 Å². The fourth-order valence-electron chi connectivity index (χ4n) is 2.77. The Morgan fingerprint density at radius 2 is 1.25 bits per heavy atom. The summed E-state index contributed by atoms with van der Waals surface area (Å²) in [7, 11) is 17.2. The quantitative estimate of drug-likeness (QED) is 0.186. The fraction of sp³-hybridized carbons (Fsp3) is 0.227. The average molecular weight is 501 g/mol. The van der Waals surface area contributed by atoms with Crippen molar-refractivity contribution in [3.63, 3.8) is 0 Å². The summed E-state index contributed by atoms with van der Waals surface area (Å²) >= 11 is 0. The van der Waals surface area contributed by atoms with Crippen LogP contribution >= 0.6 is 40.4 Å². The Morgan fingerprint density at radius 3 is 1.79 bits per heavy atom. The molecule has 0 saturated heterocycles. The Hall–Kier alpha value is -0.731. The minimum atomic E-state index is -2.61. The topological polar surface area (TPSA) is 11.3 Å². The molecule has 0 bridgehead atoms. The number of benzene rings is 2. The summed E-state index contributed by atoms with van der Waals surface area (Å²) in [4.78, 5) is 0. The van der Waals surface area contributed by atoms with E-state index in [0.717, 1.165) is 23.5 Å². The zero-order valence-corrected chi connectivity index (χ0v) is 19.7. The summed E-state index contributed by atoms with van der Waals surface area (Å²) in [5.74, 6) is 2.01. The summed E-state index contributed by atoms with van der Waals surface area (Å²) in [5.41, 5.74) is 3.58. The molecule has 1 nitrogen and oxygen atoms in total. The molecule has 0 aliphatic carbocycles. The number of rotatable bonds is 6. The molecule has 153 valence electrons. The van der Waals surface area contributed by atoms with Crippen LogP contribution in [0.15, 0.2) is 77.2 Å². The molecule has 0 unspecified atom stereocenters. The van der Waals surface area contributed by atoms with Gasteiger partial charge in [-0.3, -0.25) is 0 Å². The third kappa shape index (κ3) is 9.18. The van der Waals surface area contributed by atoms with Crippen LogP contribution in [0.3, 0.4) is 0 Å². The van der Waals surface area contributed by atoms with E-state index in [1.807, 2.05) is 6.07 Å². The van der Waals surface area contributed by atoms with Crippen LogP contribution in [0.5, 0.6) is 0 Å². The first-order valence-corrected chi connectivity index (χ1v) is 15.1. The van der Waals surface area contributed by atoms with E-state index in [0.29, 0.717) is 0 Å². The Bertz CT molecular complexity index is 772. The van der Waals surface area contributed by atoms with E-state index >= 15 is 0 Å². The van der Waals surface area contributed by atoms with Crippen LogP contribution in [0.1, 0.15) is 31.9 Å². The van der Waals surface area contributed by atoms with Crippen molar-refractivity contribution in [3.8, 4) is 22.5 Å². The molecule has 2 aromatic carbocycles. The van der Waals surface area contributed by atoms with E-state index < -0.39 is 9.20 Å². The first kappa shape index (κ1) is 23.5. The third-order valence-electron chi connectivity index (χ3n) is 4.04. The Kier molecular flexibility index (Phi) is 10.2. The van der Waals surface area contributed by atoms with Gasteiger partial charge in [-0.2, -0.15) is 0 Å². The molecule has 28 heavy (non-hydrogen) atoms. The molecule has 0 aliphatic heterocycles. The second-order valence-electron chi connectivity index (χ2n) is 6.17. The Morgan fingerprint density at radius 1 is 0.714 bits per heavy atom. The number of unbranched alkanes of at least 4 members (excludes halogenated alkanes) is 2. The molecule has 3 rings (SSSR count). The van der Waals surface area contributed by atoms with Gasteiger partial charge in [-0.25, -0.2) is 4.42 Å². The van der Waals surface area contributed by atoms with E-state index in [-0.39, 0.29) is 0 Å². The average Bonchev–Trinajstić information content (AvgIpc) is 2.68. The van der Waals surface area contributed by atoms with Crippen LogP contribution in [-0.2, 0) is 15.6 Å². The van der Waals surface area contributed by atoms with Crippen molar-refractivity contribution in [2.24, 2.45) is 0 Å². The van der Waals surface area contributed by atoms with Crippen molar-refractivity contribution >= 4 is 40.4 Å². The molecule has 0 radical (unpaired) electrons. The number of hydrogen-bond acceptors (Lipinski definition) is 0. The van der Waals surface area contributed by atoms with Crippen LogP contribution in [0.25, 0.3) is 22.5 Å². The van der Waals surface area contributed by atoms with Crippen LogP contribution in [0, 0.1) is 0 Å². The molecule has 0 saturated carbocycles. The van der Waals surface area contributed by atoms with Crippen molar-refractivity contribution in [1.82, 2.24) is 0 Å². The van der Waals surface area contributed by atoms with E-state index in [2.05, 4.69) is 73.7 Å². The standard InChI is InChI=1S/C22H23O.4ClH.Fe/c1-2-3-6-15-21-16-20(18-11-7-4-8-12-18)17-22(23-21)19-13-9-5-10-14-19;;;;;/h4-5,7-14,16-17H,2-3,6,15H2,1H3;4*1H;/q+1;;;;;+3/p-4. The van der Waals surface area contributed by atoms with Gasteiger partial charge in [0.25, 0.3) is 0 Å². The predicted octanol–water partition coefficient (Wildman–Crippen LogP) is 9.38. The van der Waals surface area contributed by atoms with Gasteiger partial charge in [-0.1, -0.05) is 68.3 Å². The molecule has 0 atom stereocenters. The van der Waals surface area contributed by atoms with Crippen LogP contribution in [0.4, 0.5) is 0 Å². The van der Waals surface area contributed by atoms with Gasteiger partial charge in [0, 0.05) is 11.6 Å². The molecule has 1 heterocycles. The number of aryl methyl sites for hydroxylation is 1. The monoisotopic (exact) mass is 499 g/mol. The molecule has 1 aromatic heterocycles. The van der Waals surface area contributed by atoms with Crippen molar-refractivity contribution in [2.45, 2.75) is 32.6 Å². The Balaban J connectivity index is 0.000000500. The zero-order valence-electron chi connectivity index (χ0n) is 15.5. The number of hydrogen-bond donors (Lipinski definition) is 0. The van der Waals surface area contributed by atoms with Crippen LogP contribution < -0.4 is 0 Å². The molecule has 6 heteroatoms. The summed E-state index contributed by atoms with van der Waals surface area (Å²) in [6, 6.07) is 25.2. The third-order valence-corrected chi connectivity index (χ3v) is 4.04. The molecule has 0 amide bonds. The van der Waals surface area contributed by atoms with Gasteiger partial charge < -0.3 is 0 Å². The number of halogens is 4. The maximum absolute atomic E-state index is 6.17. The summed E-state index contributed by atoms with van der Waals surface area (Å²) < 4.78 is 6.17. The van der Waals surface area contributed by atoms with Gasteiger partial charge in [-0.15, -0.1) is 0 Å². The molecular weight excluding hydrogens is 478 g/mol. The second kappa shape index (κ2) is 12.1.